The normalized spacial score (nSPS) is 10.6. The van der Waals surface area contributed by atoms with Crippen LogP contribution in [0.1, 0.15) is 27.0 Å². The number of ether oxygens (including phenoxy) is 1. The monoisotopic (exact) mass is 446 g/mol. The fourth-order valence-corrected chi connectivity index (χ4v) is 2.96. The Morgan fingerprint density at radius 1 is 1.06 bits per heavy atom. The fourth-order valence-electron chi connectivity index (χ4n) is 2.96. The van der Waals surface area contributed by atoms with E-state index in [4.69, 9.17) is 4.74 Å². The molecule has 9 nitrogen and oxygen atoms in total. The molecule has 0 aliphatic carbocycles. The molecule has 0 unspecified atom stereocenters. The number of nitrogens with one attached hydrogen (secondary N) is 2. The van der Waals surface area contributed by atoms with E-state index in [9.17, 15) is 19.7 Å². The molecule has 2 N–H and O–H groups in total. The van der Waals surface area contributed by atoms with Crippen molar-refractivity contribution in [2.45, 2.75) is 13.8 Å². The molecule has 0 aliphatic rings. The molecular formula is C24H22N4O5. The van der Waals surface area contributed by atoms with Crippen molar-refractivity contribution in [3.63, 3.8) is 0 Å². The van der Waals surface area contributed by atoms with Crippen LogP contribution in [0.25, 0.3) is 0 Å². The molecular weight excluding hydrogens is 424 g/mol. The number of non-ortho nitro benzene ring substituents is 1. The Hall–Kier alpha value is -4.53. The zero-order chi connectivity index (χ0) is 23.8. The number of nitro groups is 1. The van der Waals surface area contributed by atoms with Crippen LogP contribution in [0, 0.1) is 24.0 Å². The van der Waals surface area contributed by atoms with E-state index >= 15 is 0 Å². The number of amides is 2. The summed E-state index contributed by atoms with van der Waals surface area (Å²) >= 11 is 0. The second-order valence-corrected chi connectivity index (χ2v) is 7.23. The van der Waals surface area contributed by atoms with Gasteiger partial charge in [-0.05, 0) is 49.2 Å². The van der Waals surface area contributed by atoms with Crippen LogP contribution in [0.3, 0.4) is 0 Å². The van der Waals surface area contributed by atoms with Crippen molar-refractivity contribution >= 4 is 29.4 Å². The Morgan fingerprint density at radius 3 is 2.61 bits per heavy atom. The van der Waals surface area contributed by atoms with Crippen molar-refractivity contribution in [2.24, 2.45) is 5.10 Å². The average Bonchev–Trinajstić information content (AvgIpc) is 2.80. The van der Waals surface area contributed by atoms with Gasteiger partial charge in [0.05, 0.1) is 11.1 Å². The highest BCUT2D eigenvalue weighted by Gasteiger charge is 2.11. The second kappa shape index (κ2) is 10.7. The van der Waals surface area contributed by atoms with Crippen LogP contribution >= 0.6 is 0 Å². The lowest BCUT2D eigenvalue weighted by Crippen LogP contribution is -2.20. The summed E-state index contributed by atoms with van der Waals surface area (Å²) in [5.41, 5.74) is 5.70. The van der Waals surface area contributed by atoms with Crippen molar-refractivity contribution < 1.29 is 19.2 Å². The van der Waals surface area contributed by atoms with Crippen molar-refractivity contribution in [2.75, 3.05) is 11.9 Å². The van der Waals surface area contributed by atoms with E-state index in [0.29, 0.717) is 11.3 Å². The number of hydrogen-bond donors (Lipinski definition) is 2. The van der Waals surface area contributed by atoms with E-state index in [-0.39, 0.29) is 23.8 Å². The summed E-state index contributed by atoms with van der Waals surface area (Å²) in [5.74, 6) is -0.407. The topological polar surface area (TPSA) is 123 Å². The molecule has 0 heterocycles. The molecule has 0 saturated heterocycles. The summed E-state index contributed by atoms with van der Waals surface area (Å²) < 4.78 is 5.55. The highest BCUT2D eigenvalue weighted by molar-refractivity contribution is 5.95. The van der Waals surface area contributed by atoms with E-state index in [1.54, 1.807) is 24.3 Å². The van der Waals surface area contributed by atoms with E-state index in [1.807, 2.05) is 32.0 Å². The Balaban J connectivity index is 1.54. The first-order valence-electron chi connectivity index (χ1n) is 9.99. The third kappa shape index (κ3) is 6.73. The molecule has 0 aromatic heterocycles. The SMILES string of the molecule is Cc1ccc(NC(=O)COc2cccc(/C=N/NC(=O)c3cccc([N+](=O)[O-])c3)c2)c(C)c1. The third-order valence-electron chi connectivity index (χ3n) is 4.58. The van der Waals surface area contributed by atoms with Crippen LogP contribution in [0.5, 0.6) is 5.75 Å². The van der Waals surface area contributed by atoms with Gasteiger partial charge in [0.25, 0.3) is 17.5 Å². The minimum atomic E-state index is -0.578. The predicted molar refractivity (Wildman–Crippen MR) is 125 cm³/mol. The molecule has 3 aromatic rings. The lowest BCUT2D eigenvalue weighted by Gasteiger charge is -2.10. The molecule has 0 aliphatic heterocycles. The Labute approximate surface area is 190 Å². The number of nitro benzene ring substituents is 1. The van der Waals surface area contributed by atoms with Crippen LogP contribution in [0.2, 0.25) is 0 Å². The summed E-state index contributed by atoms with van der Waals surface area (Å²) in [5, 5.41) is 17.5. The van der Waals surface area contributed by atoms with Crippen LogP contribution in [0.15, 0.2) is 71.8 Å². The van der Waals surface area contributed by atoms with Gasteiger partial charge >= 0.3 is 0 Å². The molecule has 168 valence electrons. The number of benzene rings is 3. The fraction of sp³-hybridized carbons (Fsp3) is 0.125. The quantitative estimate of drug-likeness (QED) is 0.308. The Bertz CT molecular complexity index is 1220. The van der Waals surface area contributed by atoms with Gasteiger partial charge in [-0.25, -0.2) is 5.43 Å². The first-order valence-corrected chi connectivity index (χ1v) is 9.99. The minimum Gasteiger partial charge on any atom is -0.484 e. The number of hydrazone groups is 1. The Kier molecular flexibility index (Phi) is 7.48. The summed E-state index contributed by atoms with van der Waals surface area (Å²) in [6.07, 6.45) is 1.40. The van der Waals surface area contributed by atoms with Crippen molar-refractivity contribution in [1.82, 2.24) is 5.43 Å². The van der Waals surface area contributed by atoms with Gasteiger partial charge in [-0.3, -0.25) is 19.7 Å². The largest absolute Gasteiger partial charge is 0.484 e. The van der Waals surface area contributed by atoms with Crippen molar-refractivity contribution in [3.05, 3.63) is 99.1 Å². The average molecular weight is 446 g/mol. The summed E-state index contributed by atoms with van der Waals surface area (Å²) in [6.45, 7) is 3.73. The van der Waals surface area contributed by atoms with Gasteiger partial charge in [0.2, 0.25) is 0 Å². The van der Waals surface area contributed by atoms with Gasteiger partial charge in [-0.2, -0.15) is 5.10 Å². The van der Waals surface area contributed by atoms with Crippen LogP contribution in [0.4, 0.5) is 11.4 Å². The van der Waals surface area contributed by atoms with Crippen LogP contribution in [-0.4, -0.2) is 29.6 Å². The summed E-state index contributed by atoms with van der Waals surface area (Å²) in [6, 6.07) is 17.9. The molecule has 0 fully saturated rings. The number of nitrogens with zero attached hydrogens (tertiary/aromatic N) is 2. The van der Waals surface area contributed by atoms with E-state index in [1.165, 1.54) is 30.5 Å². The number of carbonyl (C=O) groups excluding carboxylic acids is 2. The molecule has 0 atom stereocenters. The molecule has 3 aromatic carbocycles. The number of hydrogen-bond acceptors (Lipinski definition) is 6. The number of rotatable bonds is 8. The van der Waals surface area contributed by atoms with Gasteiger partial charge < -0.3 is 10.1 Å². The van der Waals surface area contributed by atoms with Gasteiger partial charge in [-0.1, -0.05) is 35.9 Å². The molecule has 0 radical (unpaired) electrons. The first kappa shape index (κ1) is 23.1. The van der Waals surface area contributed by atoms with Gasteiger partial charge in [0.1, 0.15) is 5.75 Å². The number of aryl methyl sites for hydroxylation is 2. The maximum Gasteiger partial charge on any atom is 0.271 e. The lowest BCUT2D eigenvalue weighted by atomic mass is 10.1. The minimum absolute atomic E-state index is 0.119. The van der Waals surface area contributed by atoms with Crippen molar-refractivity contribution in [3.8, 4) is 5.75 Å². The molecule has 2 amide bonds. The molecule has 9 heteroatoms. The smallest absolute Gasteiger partial charge is 0.271 e. The van der Waals surface area contributed by atoms with E-state index in [2.05, 4.69) is 15.8 Å². The summed E-state index contributed by atoms with van der Waals surface area (Å²) in [7, 11) is 0. The molecule has 3 rings (SSSR count). The zero-order valence-electron chi connectivity index (χ0n) is 18.1. The molecule has 33 heavy (non-hydrogen) atoms. The molecule has 0 saturated carbocycles. The van der Waals surface area contributed by atoms with E-state index in [0.717, 1.165) is 16.8 Å². The number of carbonyl (C=O) groups is 2. The second-order valence-electron chi connectivity index (χ2n) is 7.23. The molecule has 0 bridgehead atoms. The lowest BCUT2D eigenvalue weighted by molar-refractivity contribution is -0.384. The predicted octanol–water partition coefficient (Wildman–Crippen LogP) is 3.99. The third-order valence-corrected chi connectivity index (χ3v) is 4.58. The Morgan fingerprint density at radius 2 is 1.85 bits per heavy atom. The standard InChI is InChI=1S/C24H22N4O5/c1-16-9-10-22(17(2)11-16)26-23(29)15-33-21-8-3-5-18(12-21)14-25-27-24(30)19-6-4-7-20(13-19)28(31)32/h3-14H,15H2,1-2H3,(H,26,29)(H,27,30)/b25-14+. The zero-order valence-corrected chi connectivity index (χ0v) is 18.1. The summed E-state index contributed by atoms with van der Waals surface area (Å²) in [4.78, 5) is 34.6. The maximum atomic E-state index is 12.2. The van der Waals surface area contributed by atoms with E-state index < -0.39 is 10.8 Å². The highest BCUT2D eigenvalue weighted by Crippen LogP contribution is 2.17. The van der Waals surface area contributed by atoms with Crippen molar-refractivity contribution in [1.29, 1.82) is 0 Å². The van der Waals surface area contributed by atoms with Crippen LogP contribution < -0.4 is 15.5 Å². The number of anilines is 1. The first-order chi connectivity index (χ1) is 15.8. The van der Waals surface area contributed by atoms with Crippen LogP contribution in [-0.2, 0) is 4.79 Å². The molecule has 0 spiro atoms. The maximum absolute atomic E-state index is 12.2. The highest BCUT2D eigenvalue weighted by atomic mass is 16.6. The van der Waals surface area contributed by atoms with Gasteiger partial charge in [0, 0.05) is 23.4 Å². The van der Waals surface area contributed by atoms with Gasteiger partial charge in [0.15, 0.2) is 6.61 Å². The van der Waals surface area contributed by atoms with Gasteiger partial charge in [-0.15, -0.1) is 0 Å².